The number of rotatable bonds is 6. The standard InChI is InChI=1S/C18H25N3O5S/c19-17(22)13-6-8-21(9-7-13)18(23)14-3-1-5-16(11-14)27(24,25)20-12-15-4-2-10-26-15/h1,3,5,11,13,15,20H,2,4,6-10,12H2,(H2,19,22)/t15-/m0/s1. The van der Waals surface area contributed by atoms with E-state index in [0.717, 1.165) is 12.8 Å². The van der Waals surface area contributed by atoms with Crippen LogP contribution in [-0.4, -0.2) is 57.5 Å². The van der Waals surface area contributed by atoms with E-state index in [4.69, 9.17) is 10.5 Å². The van der Waals surface area contributed by atoms with Crippen LogP contribution in [0.2, 0.25) is 0 Å². The maximum absolute atomic E-state index is 12.7. The summed E-state index contributed by atoms with van der Waals surface area (Å²) in [6.45, 7) is 1.74. The van der Waals surface area contributed by atoms with Crippen LogP contribution in [0.1, 0.15) is 36.0 Å². The molecule has 0 radical (unpaired) electrons. The largest absolute Gasteiger partial charge is 0.377 e. The van der Waals surface area contributed by atoms with E-state index in [9.17, 15) is 18.0 Å². The molecule has 1 atom stereocenters. The number of amides is 2. The highest BCUT2D eigenvalue weighted by molar-refractivity contribution is 7.89. The highest BCUT2D eigenvalue weighted by Gasteiger charge is 2.27. The number of nitrogens with zero attached hydrogens (tertiary/aromatic N) is 1. The number of carbonyl (C=O) groups is 2. The van der Waals surface area contributed by atoms with Crippen molar-refractivity contribution in [3.8, 4) is 0 Å². The molecule has 2 saturated heterocycles. The fourth-order valence-corrected chi connectivity index (χ4v) is 4.55. The zero-order valence-corrected chi connectivity index (χ0v) is 15.9. The zero-order valence-electron chi connectivity index (χ0n) is 15.1. The molecular weight excluding hydrogens is 370 g/mol. The molecule has 0 aliphatic carbocycles. The van der Waals surface area contributed by atoms with Crippen molar-refractivity contribution >= 4 is 21.8 Å². The second kappa shape index (κ2) is 8.37. The number of hydrogen-bond acceptors (Lipinski definition) is 5. The fraction of sp³-hybridized carbons (Fsp3) is 0.556. The molecule has 2 aliphatic heterocycles. The van der Waals surface area contributed by atoms with Crippen molar-refractivity contribution in [3.63, 3.8) is 0 Å². The van der Waals surface area contributed by atoms with Crippen molar-refractivity contribution < 1.29 is 22.7 Å². The molecule has 27 heavy (non-hydrogen) atoms. The Kier molecular flexibility index (Phi) is 6.13. The van der Waals surface area contributed by atoms with Crippen LogP contribution in [0.5, 0.6) is 0 Å². The minimum absolute atomic E-state index is 0.0540. The average Bonchev–Trinajstić information content (AvgIpc) is 3.20. The van der Waals surface area contributed by atoms with Crippen molar-refractivity contribution in [2.75, 3.05) is 26.2 Å². The highest BCUT2D eigenvalue weighted by atomic mass is 32.2. The summed E-state index contributed by atoms with van der Waals surface area (Å²) in [6, 6.07) is 6.01. The molecule has 0 saturated carbocycles. The second-order valence-electron chi connectivity index (χ2n) is 6.98. The lowest BCUT2D eigenvalue weighted by molar-refractivity contribution is -0.123. The molecule has 1 aromatic rings. The Hall–Kier alpha value is -1.97. The number of hydrogen-bond donors (Lipinski definition) is 2. The third-order valence-electron chi connectivity index (χ3n) is 5.10. The molecule has 148 valence electrons. The van der Waals surface area contributed by atoms with Gasteiger partial charge in [0.1, 0.15) is 0 Å². The number of nitrogens with two attached hydrogens (primary N) is 1. The molecule has 2 heterocycles. The van der Waals surface area contributed by atoms with Gasteiger partial charge < -0.3 is 15.4 Å². The van der Waals surface area contributed by atoms with Crippen LogP contribution in [0, 0.1) is 5.92 Å². The van der Waals surface area contributed by atoms with Gasteiger partial charge in [-0.25, -0.2) is 13.1 Å². The normalized spacial score (nSPS) is 21.3. The number of nitrogens with one attached hydrogen (secondary N) is 1. The van der Waals surface area contributed by atoms with Gasteiger partial charge in [-0.05, 0) is 43.9 Å². The van der Waals surface area contributed by atoms with Crippen LogP contribution < -0.4 is 10.5 Å². The lowest BCUT2D eigenvalue weighted by atomic mass is 9.96. The Morgan fingerprint density at radius 3 is 2.59 bits per heavy atom. The first-order valence-electron chi connectivity index (χ1n) is 9.17. The number of carbonyl (C=O) groups excluding carboxylic acids is 2. The van der Waals surface area contributed by atoms with Gasteiger partial charge in [0.2, 0.25) is 15.9 Å². The summed E-state index contributed by atoms with van der Waals surface area (Å²) in [5.41, 5.74) is 5.63. The Labute approximate surface area is 159 Å². The van der Waals surface area contributed by atoms with Crippen molar-refractivity contribution in [1.29, 1.82) is 0 Å². The second-order valence-corrected chi connectivity index (χ2v) is 8.75. The van der Waals surface area contributed by atoms with Gasteiger partial charge in [-0.3, -0.25) is 9.59 Å². The van der Waals surface area contributed by atoms with Gasteiger partial charge in [-0.1, -0.05) is 6.07 Å². The molecule has 2 aliphatic rings. The number of likely N-dealkylation sites (tertiary alicyclic amines) is 1. The monoisotopic (exact) mass is 395 g/mol. The van der Waals surface area contributed by atoms with E-state index in [2.05, 4.69) is 4.72 Å². The average molecular weight is 395 g/mol. The summed E-state index contributed by atoms with van der Waals surface area (Å²) < 4.78 is 33.0. The first-order valence-corrected chi connectivity index (χ1v) is 10.6. The van der Waals surface area contributed by atoms with E-state index >= 15 is 0 Å². The summed E-state index contributed by atoms with van der Waals surface area (Å²) in [4.78, 5) is 25.6. The molecule has 3 N–H and O–H groups in total. The van der Waals surface area contributed by atoms with Gasteiger partial charge in [-0.2, -0.15) is 0 Å². The van der Waals surface area contributed by atoms with Crippen molar-refractivity contribution in [3.05, 3.63) is 29.8 Å². The molecule has 0 bridgehead atoms. The number of piperidine rings is 1. The summed E-state index contributed by atoms with van der Waals surface area (Å²) in [5.74, 6) is -0.788. The summed E-state index contributed by atoms with van der Waals surface area (Å²) >= 11 is 0. The van der Waals surface area contributed by atoms with Crippen LogP contribution in [0.4, 0.5) is 0 Å². The molecule has 3 rings (SSSR count). The predicted octanol–water partition coefficient (Wildman–Crippen LogP) is 0.481. The number of benzene rings is 1. The molecule has 0 aromatic heterocycles. The quantitative estimate of drug-likeness (QED) is 0.726. The van der Waals surface area contributed by atoms with Crippen LogP contribution in [0.15, 0.2) is 29.2 Å². The van der Waals surface area contributed by atoms with Gasteiger partial charge in [0.25, 0.3) is 5.91 Å². The molecule has 8 nitrogen and oxygen atoms in total. The van der Waals surface area contributed by atoms with E-state index in [1.807, 2.05) is 0 Å². The molecule has 0 spiro atoms. The van der Waals surface area contributed by atoms with Gasteiger partial charge in [-0.15, -0.1) is 0 Å². The third-order valence-corrected chi connectivity index (χ3v) is 6.52. The number of sulfonamides is 1. The predicted molar refractivity (Wildman–Crippen MR) is 98.4 cm³/mol. The molecule has 2 amide bonds. The Bertz CT molecular complexity index is 797. The van der Waals surface area contributed by atoms with Gasteiger partial charge >= 0.3 is 0 Å². The first-order chi connectivity index (χ1) is 12.9. The summed E-state index contributed by atoms with van der Waals surface area (Å²) in [7, 11) is -3.72. The van der Waals surface area contributed by atoms with Gasteiger partial charge in [0.05, 0.1) is 11.0 Å². The van der Waals surface area contributed by atoms with Crippen molar-refractivity contribution in [2.24, 2.45) is 11.7 Å². The van der Waals surface area contributed by atoms with Gasteiger partial charge in [0.15, 0.2) is 0 Å². The van der Waals surface area contributed by atoms with E-state index in [0.29, 0.717) is 38.1 Å². The topological polar surface area (TPSA) is 119 Å². The van der Waals surface area contributed by atoms with E-state index < -0.39 is 10.0 Å². The molecule has 0 unspecified atom stereocenters. The molecule has 9 heteroatoms. The Balaban J connectivity index is 1.65. The van der Waals surface area contributed by atoms with Crippen LogP contribution in [0.25, 0.3) is 0 Å². The molecular formula is C18H25N3O5S. The SMILES string of the molecule is NC(=O)C1CCN(C(=O)c2cccc(S(=O)(=O)NC[C@@H]3CCCO3)c2)CC1. The maximum atomic E-state index is 12.7. The maximum Gasteiger partial charge on any atom is 0.253 e. The molecule has 2 fully saturated rings. The first kappa shape index (κ1) is 19.8. The van der Waals surface area contributed by atoms with E-state index in [-0.39, 0.29) is 35.3 Å². The van der Waals surface area contributed by atoms with Crippen LogP contribution in [-0.2, 0) is 19.6 Å². The van der Waals surface area contributed by atoms with Gasteiger partial charge in [0, 0.05) is 37.7 Å². The summed E-state index contributed by atoms with van der Waals surface area (Å²) in [6.07, 6.45) is 2.73. The van der Waals surface area contributed by atoms with Crippen LogP contribution in [0.3, 0.4) is 0 Å². The van der Waals surface area contributed by atoms with E-state index in [1.165, 1.54) is 12.1 Å². The smallest absolute Gasteiger partial charge is 0.253 e. The Morgan fingerprint density at radius 1 is 1.22 bits per heavy atom. The highest BCUT2D eigenvalue weighted by Crippen LogP contribution is 2.20. The fourth-order valence-electron chi connectivity index (χ4n) is 3.44. The number of primary amides is 1. The lowest BCUT2D eigenvalue weighted by Gasteiger charge is -2.30. The van der Waals surface area contributed by atoms with E-state index in [1.54, 1.807) is 17.0 Å². The zero-order chi connectivity index (χ0) is 19.4. The number of ether oxygens (including phenoxy) is 1. The minimum Gasteiger partial charge on any atom is -0.377 e. The van der Waals surface area contributed by atoms with Crippen molar-refractivity contribution in [2.45, 2.75) is 36.7 Å². The lowest BCUT2D eigenvalue weighted by Crippen LogP contribution is -2.41. The van der Waals surface area contributed by atoms with Crippen LogP contribution >= 0.6 is 0 Å². The summed E-state index contributed by atoms with van der Waals surface area (Å²) in [5, 5.41) is 0. The third kappa shape index (κ3) is 4.85. The minimum atomic E-state index is -3.72. The Morgan fingerprint density at radius 2 is 1.96 bits per heavy atom. The molecule has 1 aromatic carbocycles. The van der Waals surface area contributed by atoms with Crippen molar-refractivity contribution in [1.82, 2.24) is 9.62 Å².